The Labute approximate surface area is 110 Å². The molecule has 0 aromatic carbocycles. The van der Waals surface area contributed by atoms with E-state index in [-0.39, 0.29) is 5.70 Å². The molecule has 0 spiro atoms. The van der Waals surface area contributed by atoms with Gasteiger partial charge in [0.05, 0.1) is 0 Å². The van der Waals surface area contributed by atoms with Gasteiger partial charge in [0.2, 0.25) is 0 Å². The molecule has 1 aliphatic rings. The van der Waals surface area contributed by atoms with E-state index >= 15 is 0 Å². The van der Waals surface area contributed by atoms with Gasteiger partial charge in [0.1, 0.15) is 0 Å². The minimum absolute atomic E-state index is 0.0236. The second-order valence-corrected chi connectivity index (χ2v) is 4.68. The van der Waals surface area contributed by atoms with Crippen LogP contribution in [0.4, 0.5) is 30.7 Å². The van der Waals surface area contributed by atoms with Crippen LogP contribution in [0.25, 0.3) is 0 Å². The van der Waals surface area contributed by atoms with Crippen molar-refractivity contribution in [2.24, 2.45) is 17.4 Å². The Morgan fingerprint density at radius 2 is 1.50 bits per heavy atom. The lowest BCUT2D eigenvalue weighted by Crippen LogP contribution is -2.55. The van der Waals surface area contributed by atoms with E-state index in [1.54, 1.807) is 0 Å². The van der Waals surface area contributed by atoms with Crippen molar-refractivity contribution in [1.29, 1.82) is 0 Å². The summed E-state index contributed by atoms with van der Waals surface area (Å²) in [6, 6.07) is -0.805. The molecule has 20 heavy (non-hydrogen) atoms. The van der Waals surface area contributed by atoms with Gasteiger partial charge in [-0.1, -0.05) is 6.08 Å². The van der Waals surface area contributed by atoms with Crippen molar-refractivity contribution >= 4 is 0 Å². The standard InChI is InChI=1S/C11H13F7N2/c1-5(19)7-4-6(2-3-8(7)20)9(12,10(13,14)15)11(16,17)18/h2-3,5,7H,4,19-20H2,1H3/t5-,7?/m1/s1. The van der Waals surface area contributed by atoms with Gasteiger partial charge in [-0.2, -0.15) is 26.3 Å². The minimum Gasteiger partial charge on any atom is -0.402 e. The number of alkyl halides is 7. The van der Waals surface area contributed by atoms with E-state index in [4.69, 9.17) is 11.5 Å². The second kappa shape index (κ2) is 4.94. The largest absolute Gasteiger partial charge is 0.435 e. The Balaban J connectivity index is 3.33. The van der Waals surface area contributed by atoms with E-state index in [9.17, 15) is 30.7 Å². The summed E-state index contributed by atoms with van der Waals surface area (Å²) in [5.74, 6) is -0.977. The van der Waals surface area contributed by atoms with E-state index in [1.165, 1.54) is 6.92 Å². The fraction of sp³-hybridized carbons (Fsp3) is 0.636. The monoisotopic (exact) mass is 306 g/mol. The molecular weight excluding hydrogens is 293 g/mol. The zero-order valence-corrected chi connectivity index (χ0v) is 10.3. The van der Waals surface area contributed by atoms with Crippen LogP contribution in [0.15, 0.2) is 23.4 Å². The fourth-order valence-corrected chi connectivity index (χ4v) is 2.01. The van der Waals surface area contributed by atoms with Gasteiger partial charge in [-0.05, 0) is 25.0 Å². The van der Waals surface area contributed by atoms with Gasteiger partial charge in [0, 0.05) is 17.7 Å². The molecule has 2 nitrogen and oxygen atoms in total. The van der Waals surface area contributed by atoms with E-state index in [0.717, 1.165) is 6.08 Å². The minimum atomic E-state index is -6.11. The third-order valence-corrected chi connectivity index (χ3v) is 3.20. The lowest BCUT2D eigenvalue weighted by atomic mass is 9.79. The molecule has 116 valence electrons. The maximum atomic E-state index is 13.8. The summed E-state index contributed by atoms with van der Waals surface area (Å²) < 4.78 is 89.4. The van der Waals surface area contributed by atoms with Gasteiger partial charge in [-0.25, -0.2) is 4.39 Å². The number of halogens is 7. The van der Waals surface area contributed by atoms with Crippen LogP contribution in [-0.4, -0.2) is 24.1 Å². The Kier molecular flexibility index (Phi) is 4.15. The zero-order chi connectivity index (χ0) is 15.9. The normalized spacial score (nSPS) is 23.1. The van der Waals surface area contributed by atoms with Gasteiger partial charge < -0.3 is 11.5 Å². The van der Waals surface area contributed by atoms with Crippen molar-refractivity contribution < 1.29 is 30.7 Å². The molecule has 0 saturated carbocycles. The van der Waals surface area contributed by atoms with Crippen molar-refractivity contribution in [3.05, 3.63) is 23.4 Å². The summed E-state index contributed by atoms with van der Waals surface area (Å²) in [7, 11) is 0. The quantitative estimate of drug-likeness (QED) is 0.771. The molecular formula is C11H13F7N2. The van der Waals surface area contributed by atoms with Gasteiger partial charge in [-0.15, -0.1) is 0 Å². The van der Waals surface area contributed by atoms with Crippen LogP contribution in [0, 0.1) is 5.92 Å². The lowest BCUT2D eigenvalue weighted by Gasteiger charge is -2.36. The molecule has 0 heterocycles. The number of hydrogen-bond acceptors (Lipinski definition) is 2. The summed E-state index contributed by atoms with van der Waals surface area (Å²) in [6.07, 6.45) is -11.8. The van der Waals surface area contributed by atoms with Crippen LogP contribution in [0.3, 0.4) is 0 Å². The highest BCUT2D eigenvalue weighted by Gasteiger charge is 2.74. The average molecular weight is 306 g/mol. The lowest BCUT2D eigenvalue weighted by molar-refractivity contribution is -0.327. The molecule has 1 unspecified atom stereocenters. The summed E-state index contributed by atoms with van der Waals surface area (Å²) >= 11 is 0. The number of allylic oxidation sites excluding steroid dienone is 3. The molecule has 4 N–H and O–H groups in total. The van der Waals surface area contributed by atoms with Crippen molar-refractivity contribution in [3.8, 4) is 0 Å². The predicted molar refractivity (Wildman–Crippen MR) is 58.1 cm³/mol. The smallest absolute Gasteiger partial charge is 0.402 e. The van der Waals surface area contributed by atoms with Crippen LogP contribution in [0.1, 0.15) is 13.3 Å². The average Bonchev–Trinajstić information content (AvgIpc) is 2.25. The molecule has 0 fully saturated rings. The number of rotatable bonds is 2. The third-order valence-electron chi connectivity index (χ3n) is 3.20. The van der Waals surface area contributed by atoms with E-state index in [0.29, 0.717) is 6.08 Å². The molecule has 0 amide bonds. The first-order chi connectivity index (χ1) is 8.82. The molecule has 2 atom stereocenters. The van der Waals surface area contributed by atoms with Gasteiger partial charge in [-0.3, -0.25) is 0 Å². The molecule has 0 aliphatic heterocycles. The predicted octanol–water partition coefficient (Wildman–Crippen LogP) is 2.96. The van der Waals surface area contributed by atoms with Crippen molar-refractivity contribution in [1.82, 2.24) is 0 Å². The zero-order valence-electron chi connectivity index (χ0n) is 10.3. The van der Waals surface area contributed by atoms with Gasteiger partial charge >= 0.3 is 18.0 Å². The SMILES string of the molecule is C[C@@H](N)C1CC(C(F)(C(F)(F)F)C(F)(F)F)=CC=C1N. The number of nitrogens with two attached hydrogens (primary N) is 2. The third kappa shape index (κ3) is 2.63. The first-order valence-electron chi connectivity index (χ1n) is 5.57. The summed E-state index contributed by atoms with van der Waals surface area (Å²) in [5, 5.41) is 0. The first-order valence-corrected chi connectivity index (χ1v) is 5.57. The maximum Gasteiger partial charge on any atom is 0.435 e. The number of hydrogen-bond donors (Lipinski definition) is 2. The summed E-state index contributed by atoms with van der Waals surface area (Å²) in [5.41, 5.74) is 4.09. The molecule has 0 radical (unpaired) electrons. The maximum absolute atomic E-state index is 13.8. The summed E-state index contributed by atoms with van der Waals surface area (Å²) in [4.78, 5) is 0. The van der Waals surface area contributed by atoms with Gasteiger partial charge in [0.15, 0.2) is 0 Å². The second-order valence-electron chi connectivity index (χ2n) is 4.68. The Hall–Kier alpha value is -1.25. The molecule has 0 aromatic rings. The van der Waals surface area contributed by atoms with E-state index < -0.39 is 42.0 Å². The van der Waals surface area contributed by atoms with Crippen LogP contribution in [0.2, 0.25) is 0 Å². The molecule has 0 saturated heterocycles. The van der Waals surface area contributed by atoms with Crippen molar-refractivity contribution in [3.63, 3.8) is 0 Å². The molecule has 1 aliphatic carbocycles. The van der Waals surface area contributed by atoms with Crippen molar-refractivity contribution in [2.45, 2.75) is 37.4 Å². The Bertz CT molecular complexity index is 417. The molecule has 1 rings (SSSR count). The van der Waals surface area contributed by atoms with Crippen LogP contribution in [-0.2, 0) is 0 Å². The highest BCUT2D eigenvalue weighted by molar-refractivity contribution is 5.34. The molecule has 9 heteroatoms. The Morgan fingerprint density at radius 3 is 1.85 bits per heavy atom. The van der Waals surface area contributed by atoms with E-state index in [1.807, 2.05) is 0 Å². The highest BCUT2D eigenvalue weighted by Crippen LogP contribution is 2.53. The topological polar surface area (TPSA) is 52.0 Å². The van der Waals surface area contributed by atoms with E-state index in [2.05, 4.69) is 0 Å². The van der Waals surface area contributed by atoms with Crippen LogP contribution < -0.4 is 11.5 Å². The van der Waals surface area contributed by atoms with Gasteiger partial charge in [0.25, 0.3) is 0 Å². The fourth-order valence-electron chi connectivity index (χ4n) is 2.01. The summed E-state index contributed by atoms with van der Waals surface area (Å²) in [6.45, 7) is 1.37. The first kappa shape index (κ1) is 16.8. The van der Waals surface area contributed by atoms with Crippen molar-refractivity contribution in [2.75, 3.05) is 0 Å². The van der Waals surface area contributed by atoms with Crippen LogP contribution >= 0.6 is 0 Å². The van der Waals surface area contributed by atoms with Crippen LogP contribution in [0.5, 0.6) is 0 Å². The molecule has 0 aromatic heterocycles. The Morgan fingerprint density at radius 1 is 1.05 bits per heavy atom. The molecule has 0 bridgehead atoms. The highest BCUT2D eigenvalue weighted by atomic mass is 19.4.